The lowest BCUT2D eigenvalue weighted by Gasteiger charge is -2.06. The topological polar surface area (TPSA) is 72.2 Å². The number of carbonyl (C=O) groups excluding carboxylic acids is 1. The Hall–Kier alpha value is -2.41. The van der Waals surface area contributed by atoms with Crippen molar-refractivity contribution in [3.8, 4) is 0 Å². The first-order chi connectivity index (χ1) is 11.0. The molecule has 23 heavy (non-hydrogen) atoms. The summed E-state index contributed by atoms with van der Waals surface area (Å²) in [5, 5.41) is 13.0. The van der Waals surface area contributed by atoms with Gasteiger partial charge in [0.1, 0.15) is 5.82 Å². The van der Waals surface area contributed by atoms with Crippen LogP contribution in [0.5, 0.6) is 0 Å². The molecule has 0 unspecified atom stereocenters. The second-order valence-corrected chi connectivity index (χ2v) is 5.93. The quantitative estimate of drug-likeness (QED) is 0.642. The number of nitrogens with one attached hydrogen (secondary N) is 1. The van der Waals surface area contributed by atoms with E-state index < -0.39 is 16.6 Å². The number of nitrogens with zero attached hydrogens (tertiary/aromatic N) is 1. The number of thioether (sulfide) groups is 1. The van der Waals surface area contributed by atoms with Crippen molar-refractivity contribution in [1.82, 2.24) is 0 Å². The zero-order chi connectivity index (χ0) is 16.8. The number of nitro groups is 1. The van der Waals surface area contributed by atoms with Gasteiger partial charge in [-0.2, -0.15) is 0 Å². The fourth-order valence-electron chi connectivity index (χ4n) is 1.85. The average molecular weight is 334 g/mol. The first kappa shape index (κ1) is 17.0. The van der Waals surface area contributed by atoms with E-state index in [1.54, 1.807) is 0 Å². The second kappa shape index (κ2) is 7.73. The number of hydrogen-bond acceptors (Lipinski definition) is 4. The molecule has 7 heteroatoms. The molecular weight excluding hydrogens is 319 g/mol. The van der Waals surface area contributed by atoms with E-state index in [0.29, 0.717) is 5.75 Å². The predicted molar refractivity (Wildman–Crippen MR) is 89.0 cm³/mol. The fraction of sp³-hybridized carbons (Fsp3) is 0.188. The predicted octanol–water partition coefficient (Wildman–Crippen LogP) is 3.91. The fourth-order valence-corrected chi connectivity index (χ4v) is 2.64. The lowest BCUT2D eigenvalue weighted by Crippen LogP contribution is -2.15. The maximum atomic E-state index is 13.6. The Kier molecular flexibility index (Phi) is 5.70. The minimum atomic E-state index is -0.701. The van der Waals surface area contributed by atoms with Gasteiger partial charge >= 0.3 is 0 Å². The molecule has 2 aromatic carbocycles. The van der Waals surface area contributed by atoms with Crippen LogP contribution in [0.3, 0.4) is 0 Å². The third kappa shape index (κ3) is 5.07. The average Bonchev–Trinajstić information content (AvgIpc) is 2.51. The second-order valence-electron chi connectivity index (χ2n) is 4.95. The molecule has 0 aliphatic heterocycles. The van der Waals surface area contributed by atoms with Crippen LogP contribution in [-0.2, 0) is 10.5 Å². The van der Waals surface area contributed by atoms with Crippen LogP contribution >= 0.6 is 11.8 Å². The summed E-state index contributed by atoms with van der Waals surface area (Å²) in [6.45, 7) is 2.00. The first-order valence-electron chi connectivity index (χ1n) is 6.83. The van der Waals surface area contributed by atoms with Crippen LogP contribution in [0.2, 0.25) is 0 Å². The van der Waals surface area contributed by atoms with E-state index in [0.717, 1.165) is 29.3 Å². The van der Waals surface area contributed by atoms with Crippen LogP contribution in [0.4, 0.5) is 15.8 Å². The number of rotatable bonds is 6. The summed E-state index contributed by atoms with van der Waals surface area (Å²) in [6.07, 6.45) is 0. The van der Waals surface area contributed by atoms with Crippen molar-refractivity contribution in [2.75, 3.05) is 11.1 Å². The Labute approximate surface area is 137 Å². The molecule has 1 N–H and O–H groups in total. The molecule has 2 rings (SSSR count). The van der Waals surface area contributed by atoms with Crippen molar-refractivity contribution < 1.29 is 14.1 Å². The Balaban J connectivity index is 1.88. The highest BCUT2D eigenvalue weighted by atomic mass is 32.2. The number of nitro benzene ring substituents is 1. The number of aryl methyl sites for hydroxylation is 1. The van der Waals surface area contributed by atoms with E-state index in [1.807, 2.05) is 31.2 Å². The first-order valence-corrected chi connectivity index (χ1v) is 7.98. The summed E-state index contributed by atoms with van der Waals surface area (Å²) in [5.41, 5.74) is 1.81. The SMILES string of the molecule is Cc1ccc(CSCC(=O)Nc2cc([N+](=O)[O-])ccc2F)cc1. The summed E-state index contributed by atoms with van der Waals surface area (Å²) < 4.78 is 13.6. The van der Waals surface area contributed by atoms with Gasteiger partial charge in [-0.25, -0.2) is 4.39 Å². The zero-order valence-corrected chi connectivity index (χ0v) is 13.2. The Bertz CT molecular complexity index is 720. The van der Waals surface area contributed by atoms with E-state index in [-0.39, 0.29) is 17.1 Å². The van der Waals surface area contributed by atoms with Gasteiger partial charge in [-0.3, -0.25) is 14.9 Å². The molecule has 2 aromatic rings. The lowest BCUT2D eigenvalue weighted by atomic mass is 10.2. The van der Waals surface area contributed by atoms with Gasteiger partial charge in [0.05, 0.1) is 16.4 Å². The van der Waals surface area contributed by atoms with E-state index in [4.69, 9.17) is 0 Å². The van der Waals surface area contributed by atoms with Crippen LogP contribution in [0.1, 0.15) is 11.1 Å². The molecule has 0 aliphatic carbocycles. The molecule has 1 amide bonds. The number of carbonyl (C=O) groups is 1. The number of anilines is 1. The smallest absolute Gasteiger partial charge is 0.271 e. The molecule has 0 saturated carbocycles. The molecule has 0 atom stereocenters. The van der Waals surface area contributed by atoms with Crippen molar-refractivity contribution in [3.63, 3.8) is 0 Å². The number of hydrogen-bond donors (Lipinski definition) is 1. The Morgan fingerprint density at radius 3 is 2.61 bits per heavy atom. The largest absolute Gasteiger partial charge is 0.323 e. The van der Waals surface area contributed by atoms with Gasteiger partial charge in [-0.15, -0.1) is 11.8 Å². The molecule has 5 nitrogen and oxygen atoms in total. The van der Waals surface area contributed by atoms with Crippen LogP contribution < -0.4 is 5.32 Å². The summed E-state index contributed by atoms with van der Waals surface area (Å²) >= 11 is 1.39. The molecule has 0 radical (unpaired) electrons. The van der Waals surface area contributed by atoms with Crippen LogP contribution in [-0.4, -0.2) is 16.6 Å². The zero-order valence-electron chi connectivity index (χ0n) is 12.4. The van der Waals surface area contributed by atoms with Crippen molar-refractivity contribution >= 4 is 29.0 Å². The highest BCUT2D eigenvalue weighted by Gasteiger charge is 2.13. The maximum Gasteiger partial charge on any atom is 0.271 e. The molecule has 0 saturated heterocycles. The van der Waals surface area contributed by atoms with Crippen LogP contribution in [0, 0.1) is 22.9 Å². The van der Waals surface area contributed by atoms with Crippen LogP contribution in [0.15, 0.2) is 42.5 Å². The summed E-state index contributed by atoms with van der Waals surface area (Å²) in [4.78, 5) is 21.9. The van der Waals surface area contributed by atoms with Gasteiger partial charge in [-0.05, 0) is 18.6 Å². The number of benzene rings is 2. The summed E-state index contributed by atoms with van der Waals surface area (Å²) in [7, 11) is 0. The molecule has 0 heterocycles. The maximum absolute atomic E-state index is 13.6. The van der Waals surface area contributed by atoms with Crippen molar-refractivity contribution in [2.24, 2.45) is 0 Å². The van der Waals surface area contributed by atoms with E-state index in [9.17, 15) is 19.3 Å². The molecule has 0 aliphatic rings. The van der Waals surface area contributed by atoms with Gasteiger partial charge < -0.3 is 5.32 Å². The van der Waals surface area contributed by atoms with Crippen molar-refractivity contribution in [1.29, 1.82) is 0 Å². The number of amides is 1. The van der Waals surface area contributed by atoms with Crippen molar-refractivity contribution in [3.05, 3.63) is 69.5 Å². The Morgan fingerprint density at radius 1 is 1.26 bits per heavy atom. The van der Waals surface area contributed by atoms with Gasteiger partial charge in [0.2, 0.25) is 5.91 Å². The van der Waals surface area contributed by atoms with Gasteiger partial charge in [0, 0.05) is 17.9 Å². The van der Waals surface area contributed by atoms with Gasteiger partial charge in [0.15, 0.2) is 0 Å². The molecule has 0 aromatic heterocycles. The monoisotopic (exact) mass is 334 g/mol. The third-order valence-corrected chi connectivity index (χ3v) is 4.06. The normalized spacial score (nSPS) is 10.3. The molecule has 120 valence electrons. The number of halogens is 1. The minimum Gasteiger partial charge on any atom is -0.323 e. The third-order valence-electron chi connectivity index (χ3n) is 3.06. The van der Waals surface area contributed by atoms with Gasteiger partial charge in [0.25, 0.3) is 5.69 Å². The van der Waals surface area contributed by atoms with Gasteiger partial charge in [-0.1, -0.05) is 29.8 Å². The molecule has 0 bridgehead atoms. The standard InChI is InChI=1S/C16H15FN2O3S/c1-11-2-4-12(5-3-11)9-23-10-16(20)18-15-8-13(19(21)22)6-7-14(15)17/h2-8H,9-10H2,1H3,(H,18,20). The van der Waals surface area contributed by atoms with Crippen LogP contribution in [0.25, 0.3) is 0 Å². The molecule has 0 spiro atoms. The highest BCUT2D eigenvalue weighted by molar-refractivity contribution is 7.99. The minimum absolute atomic E-state index is 0.135. The summed E-state index contributed by atoms with van der Waals surface area (Å²) in [5.74, 6) is -0.310. The summed E-state index contributed by atoms with van der Waals surface area (Å²) in [6, 6.07) is 11.0. The molecular formula is C16H15FN2O3S. The number of non-ortho nitro benzene ring substituents is 1. The highest BCUT2D eigenvalue weighted by Crippen LogP contribution is 2.21. The van der Waals surface area contributed by atoms with E-state index in [1.165, 1.54) is 11.8 Å². The molecule has 0 fully saturated rings. The van der Waals surface area contributed by atoms with E-state index in [2.05, 4.69) is 5.32 Å². The van der Waals surface area contributed by atoms with E-state index >= 15 is 0 Å². The Morgan fingerprint density at radius 2 is 1.96 bits per heavy atom. The van der Waals surface area contributed by atoms with Crippen molar-refractivity contribution in [2.45, 2.75) is 12.7 Å². The lowest BCUT2D eigenvalue weighted by molar-refractivity contribution is -0.384.